The van der Waals surface area contributed by atoms with E-state index in [0.29, 0.717) is 5.02 Å². The molecule has 1 aliphatic rings. The Morgan fingerprint density at radius 2 is 1.65 bits per heavy atom. The van der Waals surface area contributed by atoms with E-state index in [-0.39, 0.29) is 11.6 Å². The van der Waals surface area contributed by atoms with Crippen molar-refractivity contribution in [3.05, 3.63) is 58.6 Å². The monoisotopic (exact) mass is 370 g/mol. The minimum atomic E-state index is -0.973. The maximum atomic E-state index is 13.0. The largest absolute Gasteiger partial charge is 0.357 e. The van der Waals surface area contributed by atoms with E-state index in [2.05, 4.69) is 0 Å². The van der Waals surface area contributed by atoms with Crippen molar-refractivity contribution in [2.45, 2.75) is 51.7 Å². The Hall–Kier alpha value is -1.97. The number of aryl methyl sites for hydroxylation is 1. The highest BCUT2D eigenvalue weighted by atomic mass is 35.5. The predicted molar refractivity (Wildman–Crippen MR) is 104 cm³/mol. The first-order valence-electron chi connectivity index (χ1n) is 8.89. The summed E-state index contributed by atoms with van der Waals surface area (Å²) in [6.07, 6.45) is 0.153. The first kappa shape index (κ1) is 18.8. The first-order valence-corrected chi connectivity index (χ1v) is 9.27. The van der Waals surface area contributed by atoms with Gasteiger partial charge in [0.15, 0.2) is 11.6 Å². The fourth-order valence-electron chi connectivity index (χ4n) is 3.57. The molecular weight excluding hydrogens is 348 g/mol. The van der Waals surface area contributed by atoms with E-state index < -0.39 is 17.6 Å². The van der Waals surface area contributed by atoms with Crippen LogP contribution in [0.1, 0.15) is 44.7 Å². The molecule has 3 rings (SSSR count). The second kappa shape index (κ2) is 6.98. The van der Waals surface area contributed by atoms with Crippen LogP contribution < -0.4 is 0 Å². The van der Waals surface area contributed by atoms with Gasteiger partial charge in [-0.05, 0) is 67.6 Å². The van der Waals surface area contributed by atoms with Crippen LogP contribution in [0.3, 0.4) is 0 Å². The van der Waals surface area contributed by atoms with Gasteiger partial charge in [0.05, 0.1) is 0 Å². The van der Waals surface area contributed by atoms with Gasteiger partial charge in [-0.2, -0.15) is 0 Å². The summed E-state index contributed by atoms with van der Waals surface area (Å²) < 4.78 is 5.64. The summed E-state index contributed by atoms with van der Waals surface area (Å²) in [4.78, 5) is 25.8. The molecule has 2 atom stereocenters. The van der Waals surface area contributed by atoms with Crippen LogP contribution in [-0.4, -0.2) is 23.3 Å². The van der Waals surface area contributed by atoms with Crippen LogP contribution >= 0.6 is 11.6 Å². The number of hydrogen-bond donors (Lipinski definition) is 0. The number of rotatable bonds is 3. The summed E-state index contributed by atoms with van der Waals surface area (Å²) >= 11 is 5.98. The quantitative estimate of drug-likeness (QED) is 0.715. The Morgan fingerprint density at radius 1 is 1.04 bits per heavy atom. The molecule has 2 unspecified atom stereocenters. The van der Waals surface area contributed by atoms with E-state index in [4.69, 9.17) is 16.3 Å². The molecule has 4 heteroatoms. The molecular formula is C22H23ClO3. The number of carbonyl (C=O) groups excluding carboxylic acids is 2. The number of Topliss-reactive ketones (excluding diaryl/α,β-unsaturated/α-hetero) is 2. The molecule has 0 bridgehead atoms. The highest BCUT2D eigenvalue weighted by Crippen LogP contribution is 2.37. The fraction of sp³-hybridized carbons (Fsp3) is 0.364. The van der Waals surface area contributed by atoms with Gasteiger partial charge in [0.1, 0.15) is 17.6 Å². The lowest BCUT2D eigenvalue weighted by Gasteiger charge is -2.37. The number of hydrogen-bond acceptors (Lipinski definition) is 3. The third-order valence-electron chi connectivity index (χ3n) is 5.03. The molecule has 26 heavy (non-hydrogen) atoms. The van der Waals surface area contributed by atoms with E-state index in [9.17, 15) is 9.59 Å². The first-order chi connectivity index (χ1) is 12.2. The van der Waals surface area contributed by atoms with Gasteiger partial charge in [0, 0.05) is 5.02 Å². The van der Waals surface area contributed by atoms with Crippen molar-refractivity contribution in [1.82, 2.24) is 0 Å². The SMILES string of the molecule is CCc1ccc(-c2ccc(Cl)cc2)cc1C1C(=O)C(C)OC(C)(C)C1=O. The van der Waals surface area contributed by atoms with Gasteiger partial charge in [0.25, 0.3) is 0 Å². The number of halogens is 1. The summed E-state index contributed by atoms with van der Waals surface area (Å²) in [5.41, 5.74) is 2.79. The molecule has 3 nitrogen and oxygen atoms in total. The zero-order chi connectivity index (χ0) is 19.1. The van der Waals surface area contributed by atoms with Crippen LogP contribution in [0.5, 0.6) is 0 Å². The van der Waals surface area contributed by atoms with Crippen LogP contribution in [0.15, 0.2) is 42.5 Å². The third kappa shape index (κ3) is 3.34. The van der Waals surface area contributed by atoms with Gasteiger partial charge in [-0.15, -0.1) is 0 Å². The highest BCUT2D eigenvalue weighted by molar-refractivity contribution is 6.30. The van der Waals surface area contributed by atoms with Gasteiger partial charge in [0.2, 0.25) is 0 Å². The molecule has 136 valence electrons. The van der Waals surface area contributed by atoms with Crippen molar-refractivity contribution in [3.63, 3.8) is 0 Å². The lowest BCUT2D eigenvalue weighted by Crippen LogP contribution is -2.52. The van der Waals surface area contributed by atoms with Crippen LogP contribution in [0, 0.1) is 0 Å². The van der Waals surface area contributed by atoms with Crippen molar-refractivity contribution < 1.29 is 14.3 Å². The predicted octanol–water partition coefficient (Wildman–Crippen LogP) is 4.99. The fourth-order valence-corrected chi connectivity index (χ4v) is 3.70. The maximum absolute atomic E-state index is 13.0. The molecule has 0 radical (unpaired) electrons. The van der Waals surface area contributed by atoms with E-state index in [1.807, 2.05) is 49.4 Å². The minimum Gasteiger partial charge on any atom is -0.357 e. The van der Waals surface area contributed by atoms with Crippen molar-refractivity contribution in [2.75, 3.05) is 0 Å². The molecule has 2 aromatic carbocycles. The summed E-state index contributed by atoms with van der Waals surface area (Å²) in [5, 5.41) is 0.671. The van der Waals surface area contributed by atoms with Gasteiger partial charge < -0.3 is 4.74 Å². The Morgan fingerprint density at radius 3 is 2.27 bits per heavy atom. The van der Waals surface area contributed by atoms with Gasteiger partial charge in [-0.3, -0.25) is 9.59 Å². The van der Waals surface area contributed by atoms with E-state index in [1.165, 1.54) is 0 Å². The van der Waals surface area contributed by atoms with Gasteiger partial charge >= 0.3 is 0 Å². The zero-order valence-corrected chi connectivity index (χ0v) is 16.3. The molecule has 0 saturated carbocycles. The van der Waals surface area contributed by atoms with Crippen LogP contribution in [0.4, 0.5) is 0 Å². The molecule has 0 N–H and O–H groups in total. The molecule has 1 fully saturated rings. The smallest absolute Gasteiger partial charge is 0.179 e. The standard InChI is InChI=1S/C22H23ClO3/c1-5-14-6-7-16(15-8-10-17(23)11-9-15)12-18(14)19-20(24)13(2)26-22(3,4)21(19)25/h6-13,19H,5H2,1-4H3. The van der Waals surface area contributed by atoms with Crippen molar-refractivity contribution in [1.29, 1.82) is 0 Å². The molecule has 0 spiro atoms. The Balaban J connectivity index is 2.13. The number of benzene rings is 2. The molecule has 0 aromatic heterocycles. The van der Waals surface area contributed by atoms with Crippen LogP contribution in [-0.2, 0) is 20.7 Å². The summed E-state index contributed by atoms with van der Waals surface area (Å²) in [7, 11) is 0. The Bertz CT molecular complexity index is 852. The van der Waals surface area contributed by atoms with Crippen molar-refractivity contribution in [2.24, 2.45) is 0 Å². The summed E-state index contributed by atoms with van der Waals surface area (Å²) in [6.45, 7) is 7.22. The maximum Gasteiger partial charge on any atom is 0.179 e. The molecule has 1 saturated heterocycles. The molecule has 2 aromatic rings. The lowest BCUT2D eigenvalue weighted by molar-refractivity contribution is -0.168. The lowest BCUT2D eigenvalue weighted by atomic mass is 9.76. The minimum absolute atomic E-state index is 0.169. The Labute approximate surface area is 159 Å². The second-order valence-electron chi connectivity index (χ2n) is 7.24. The Kier molecular flexibility index (Phi) is 5.05. The summed E-state index contributed by atoms with van der Waals surface area (Å²) in [6, 6.07) is 13.5. The van der Waals surface area contributed by atoms with Crippen LogP contribution in [0.2, 0.25) is 5.02 Å². The highest BCUT2D eigenvalue weighted by Gasteiger charge is 2.48. The summed E-state index contributed by atoms with van der Waals surface area (Å²) in [5.74, 6) is -1.13. The van der Waals surface area contributed by atoms with Gasteiger partial charge in [-0.25, -0.2) is 0 Å². The molecule has 1 heterocycles. The normalized spacial score (nSPS) is 22.5. The van der Waals surface area contributed by atoms with Crippen LogP contribution in [0.25, 0.3) is 11.1 Å². The molecule has 0 aliphatic carbocycles. The van der Waals surface area contributed by atoms with E-state index in [1.54, 1.807) is 20.8 Å². The molecule has 1 aliphatic heterocycles. The number of carbonyl (C=O) groups is 2. The van der Waals surface area contributed by atoms with E-state index >= 15 is 0 Å². The van der Waals surface area contributed by atoms with E-state index in [0.717, 1.165) is 28.7 Å². The van der Waals surface area contributed by atoms with Crippen molar-refractivity contribution >= 4 is 23.2 Å². The second-order valence-corrected chi connectivity index (χ2v) is 7.68. The topological polar surface area (TPSA) is 43.4 Å². The average molecular weight is 371 g/mol. The van der Waals surface area contributed by atoms with Crippen molar-refractivity contribution in [3.8, 4) is 11.1 Å². The third-order valence-corrected chi connectivity index (χ3v) is 5.28. The number of ether oxygens (including phenoxy) is 1. The number of ketones is 2. The average Bonchev–Trinajstić information content (AvgIpc) is 2.61. The zero-order valence-electron chi connectivity index (χ0n) is 15.5. The molecule has 0 amide bonds. The van der Waals surface area contributed by atoms with Gasteiger partial charge in [-0.1, -0.05) is 42.8 Å².